The molecule has 0 rings (SSSR count). The van der Waals surface area contributed by atoms with Crippen LogP contribution in [0.3, 0.4) is 0 Å². The SMILES string of the molecule is C=C(CC(=O)OCCO)C(=O)OCCCOC. The van der Waals surface area contributed by atoms with Crippen molar-refractivity contribution in [3.63, 3.8) is 0 Å². The molecule has 17 heavy (non-hydrogen) atoms. The van der Waals surface area contributed by atoms with Crippen molar-refractivity contribution in [2.75, 3.05) is 33.5 Å². The fraction of sp³-hybridized carbons (Fsp3) is 0.636. The Morgan fingerprint density at radius 2 is 1.88 bits per heavy atom. The number of methoxy groups -OCH3 is 1. The average molecular weight is 246 g/mol. The molecule has 0 aromatic rings. The van der Waals surface area contributed by atoms with Gasteiger partial charge >= 0.3 is 11.9 Å². The van der Waals surface area contributed by atoms with Gasteiger partial charge in [-0.05, 0) is 0 Å². The molecule has 0 aromatic carbocycles. The van der Waals surface area contributed by atoms with Gasteiger partial charge in [-0.2, -0.15) is 0 Å². The maximum Gasteiger partial charge on any atom is 0.333 e. The fourth-order valence-corrected chi connectivity index (χ4v) is 0.927. The van der Waals surface area contributed by atoms with Crippen molar-refractivity contribution in [3.8, 4) is 0 Å². The minimum atomic E-state index is -0.623. The molecular weight excluding hydrogens is 228 g/mol. The maximum atomic E-state index is 11.3. The summed E-state index contributed by atoms with van der Waals surface area (Å²) in [6, 6.07) is 0. The highest BCUT2D eigenvalue weighted by molar-refractivity contribution is 5.93. The van der Waals surface area contributed by atoms with E-state index in [0.29, 0.717) is 13.0 Å². The van der Waals surface area contributed by atoms with Crippen molar-refractivity contribution in [3.05, 3.63) is 12.2 Å². The van der Waals surface area contributed by atoms with Gasteiger partial charge in [-0.25, -0.2) is 4.79 Å². The molecule has 0 bridgehead atoms. The molecule has 0 amide bonds. The number of hydrogen-bond donors (Lipinski definition) is 1. The Kier molecular flexibility index (Phi) is 8.99. The van der Waals surface area contributed by atoms with Crippen LogP contribution in [0, 0.1) is 0 Å². The lowest BCUT2D eigenvalue weighted by Gasteiger charge is -2.06. The predicted molar refractivity (Wildman–Crippen MR) is 59.3 cm³/mol. The number of hydrogen-bond acceptors (Lipinski definition) is 6. The first-order valence-electron chi connectivity index (χ1n) is 5.22. The minimum Gasteiger partial charge on any atom is -0.463 e. The zero-order chi connectivity index (χ0) is 13.1. The third-order valence-electron chi connectivity index (χ3n) is 1.73. The average Bonchev–Trinajstić information content (AvgIpc) is 2.31. The Hall–Kier alpha value is -1.40. The van der Waals surface area contributed by atoms with Crippen LogP contribution in [0.2, 0.25) is 0 Å². The molecule has 0 atom stereocenters. The number of rotatable bonds is 9. The van der Waals surface area contributed by atoms with Crippen LogP contribution in [0.15, 0.2) is 12.2 Å². The summed E-state index contributed by atoms with van der Waals surface area (Å²) in [5.41, 5.74) is 0.0327. The third-order valence-corrected chi connectivity index (χ3v) is 1.73. The molecule has 98 valence electrons. The first kappa shape index (κ1) is 15.6. The normalized spacial score (nSPS) is 9.76. The lowest BCUT2D eigenvalue weighted by molar-refractivity contribution is -0.147. The van der Waals surface area contributed by atoms with Gasteiger partial charge < -0.3 is 19.3 Å². The van der Waals surface area contributed by atoms with Crippen molar-refractivity contribution >= 4 is 11.9 Å². The number of esters is 2. The monoisotopic (exact) mass is 246 g/mol. The first-order valence-corrected chi connectivity index (χ1v) is 5.22. The zero-order valence-electron chi connectivity index (χ0n) is 9.94. The van der Waals surface area contributed by atoms with E-state index < -0.39 is 11.9 Å². The molecule has 0 unspecified atom stereocenters. The molecule has 0 aromatic heterocycles. The van der Waals surface area contributed by atoms with Crippen LogP contribution in [-0.2, 0) is 23.8 Å². The lowest BCUT2D eigenvalue weighted by atomic mass is 10.2. The number of aliphatic hydroxyl groups excluding tert-OH is 1. The Bertz CT molecular complexity index is 261. The highest BCUT2D eigenvalue weighted by Gasteiger charge is 2.13. The van der Waals surface area contributed by atoms with E-state index in [9.17, 15) is 9.59 Å². The van der Waals surface area contributed by atoms with Gasteiger partial charge in [0.2, 0.25) is 0 Å². The summed E-state index contributed by atoms with van der Waals surface area (Å²) in [5.74, 6) is -1.24. The molecule has 0 fully saturated rings. The molecule has 0 aliphatic carbocycles. The topological polar surface area (TPSA) is 82.1 Å². The number of carbonyl (C=O) groups is 2. The molecule has 0 heterocycles. The van der Waals surface area contributed by atoms with E-state index in [4.69, 9.17) is 14.6 Å². The van der Waals surface area contributed by atoms with Crippen LogP contribution in [0.4, 0.5) is 0 Å². The van der Waals surface area contributed by atoms with Crippen molar-refractivity contribution in [2.45, 2.75) is 12.8 Å². The summed E-state index contributed by atoms with van der Waals surface area (Å²) in [7, 11) is 1.55. The number of carbonyl (C=O) groups excluding carboxylic acids is 2. The summed E-state index contributed by atoms with van der Waals surface area (Å²) >= 11 is 0. The van der Waals surface area contributed by atoms with E-state index in [2.05, 4.69) is 11.3 Å². The van der Waals surface area contributed by atoms with E-state index in [-0.39, 0.29) is 31.8 Å². The quantitative estimate of drug-likeness (QED) is 0.351. The molecule has 0 spiro atoms. The molecule has 6 heteroatoms. The maximum absolute atomic E-state index is 11.3. The summed E-state index contributed by atoms with van der Waals surface area (Å²) in [6.45, 7) is 3.81. The van der Waals surface area contributed by atoms with Gasteiger partial charge in [-0.15, -0.1) is 0 Å². The van der Waals surface area contributed by atoms with Gasteiger partial charge in [0.15, 0.2) is 0 Å². The second kappa shape index (κ2) is 9.80. The summed E-state index contributed by atoms with van der Waals surface area (Å²) < 4.78 is 14.2. The molecule has 6 nitrogen and oxygen atoms in total. The molecule has 1 N–H and O–H groups in total. The van der Waals surface area contributed by atoms with Crippen LogP contribution >= 0.6 is 0 Å². The Labute approximate surface area is 100 Å². The Balaban J connectivity index is 3.73. The largest absolute Gasteiger partial charge is 0.463 e. The third kappa shape index (κ3) is 8.41. The van der Waals surface area contributed by atoms with Gasteiger partial charge in [-0.3, -0.25) is 4.79 Å². The second-order valence-corrected chi connectivity index (χ2v) is 3.21. The molecule has 0 aliphatic rings. The molecule has 0 saturated carbocycles. The minimum absolute atomic E-state index is 0.0327. The van der Waals surface area contributed by atoms with Crippen LogP contribution in [0.5, 0.6) is 0 Å². The second-order valence-electron chi connectivity index (χ2n) is 3.21. The first-order chi connectivity index (χ1) is 8.11. The van der Waals surface area contributed by atoms with E-state index in [0.717, 1.165) is 0 Å². The molecular formula is C11H18O6. The number of ether oxygens (including phenoxy) is 3. The van der Waals surface area contributed by atoms with Gasteiger partial charge in [-0.1, -0.05) is 6.58 Å². The van der Waals surface area contributed by atoms with Crippen molar-refractivity contribution in [1.82, 2.24) is 0 Å². The van der Waals surface area contributed by atoms with E-state index >= 15 is 0 Å². The lowest BCUT2D eigenvalue weighted by Crippen LogP contribution is -2.15. The van der Waals surface area contributed by atoms with Crippen molar-refractivity contribution < 1.29 is 28.9 Å². The Morgan fingerprint density at radius 3 is 2.47 bits per heavy atom. The fourth-order valence-electron chi connectivity index (χ4n) is 0.927. The highest BCUT2D eigenvalue weighted by atomic mass is 16.5. The van der Waals surface area contributed by atoms with Crippen molar-refractivity contribution in [1.29, 1.82) is 0 Å². The van der Waals surface area contributed by atoms with Gasteiger partial charge in [0, 0.05) is 25.7 Å². The zero-order valence-corrected chi connectivity index (χ0v) is 9.94. The molecule has 0 aliphatic heterocycles. The van der Waals surface area contributed by atoms with Gasteiger partial charge in [0.1, 0.15) is 6.61 Å². The van der Waals surface area contributed by atoms with Crippen LogP contribution in [-0.4, -0.2) is 50.6 Å². The van der Waals surface area contributed by atoms with E-state index in [1.54, 1.807) is 7.11 Å². The molecule has 0 saturated heterocycles. The molecule has 0 radical (unpaired) electrons. The van der Waals surface area contributed by atoms with Gasteiger partial charge in [0.25, 0.3) is 0 Å². The van der Waals surface area contributed by atoms with Crippen LogP contribution in [0.25, 0.3) is 0 Å². The summed E-state index contributed by atoms with van der Waals surface area (Å²) in [5, 5.41) is 8.42. The van der Waals surface area contributed by atoms with Crippen LogP contribution < -0.4 is 0 Å². The Morgan fingerprint density at radius 1 is 1.18 bits per heavy atom. The van der Waals surface area contributed by atoms with Crippen LogP contribution in [0.1, 0.15) is 12.8 Å². The smallest absolute Gasteiger partial charge is 0.333 e. The predicted octanol–water partition coefficient (Wildman–Crippen LogP) is 0.0479. The van der Waals surface area contributed by atoms with E-state index in [1.807, 2.05) is 0 Å². The van der Waals surface area contributed by atoms with E-state index in [1.165, 1.54) is 0 Å². The number of aliphatic hydroxyl groups is 1. The standard InChI is InChI=1S/C11H18O6/c1-9(8-10(13)16-7-4-12)11(14)17-6-3-5-15-2/h12H,1,3-8H2,2H3. The van der Waals surface area contributed by atoms with Gasteiger partial charge in [0.05, 0.1) is 19.6 Å². The van der Waals surface area contributed by atoms with Crippen molar-refractivity contribution in [2.24, 2.45) is 0 Å². The highest BCUT2D eigenvalue weighted by Crippen LogP contribution is 2.03. The summed E-state index contributed by atoms with van der Waals surface area (Å²) in [6.07, 6.45) is 0.355. The summed E-state index contributed by atoms with van der Waals surface area (Å²) in [4.78, 5) is 22.4.